The molecule has 1 aliphatic heterocycles. The molecule has 0 fully saturated rings. The number of aromatic nitrogens is 3. The quantitative estimate of drug-likeness (QED) is 0.722. The third-order valence-corrected chi connectivity index (χ3v) is 4.05. The molecule has 0 radical (unpaired) electrons. The summed E-state index contributed by atoms with van der Waals surface area (Å²) in [4.78, 5) is 28.6. The maximum absolute atomic E-state index is 12.6. The van der Waals surface area contributed by atoms with E-state index < -0.39 is 17.9 Å². The zero-order valence-corrected chi connectivity index (χ0v) is 13.6. The zero-order chi connectivity index (χ0) is 18.1. The molecule has 2 aromatic heterocycles. The van der Waals surface area contributed by atoms with Gasteiger partial charge < -0.3 is 11.1 Å². The fraction of sp³-hybridized carbons (Fsp3) is 0.118. The van der Waals surface area contributed by atoms with Crippen molar-refractivity contribution in [3.8, 4) is 0 Å². The van der Waals surface area contributed by atoms with Crippen LogP contribution in [0.25, 0.3) is 5.65 Å². The summed E-state index contributed by atoms with van der Waals surface area (Å²) < 4.78 is 1.51. The first-order valence-electron chi connectivity index (χ1n) is 7.94. The molecule has 1 aliphatic rings. The Morgan fingerprint density at radius 2 is 1.92 bits per heavy atom. The fourth-order valence-electron chi connectivity index (χ4n) is 2.81. The molecule has 1 aromatic carbocycles. The Morgan fingerprint density at radius 3 is 2.69 bits per heavy atom. The Bertz CT molecular complexity index is 1010. The summed E-state index contributed by atoms with van der Waals surface area (Å²) in [5, 5.41) is 12.7. The van der Waals surface area contributed by atoms with Crippen molar-refractivity contribution in [2.75, 3.05) is 10.3 Å². The smallest absolute Gasteiger partial charge is 0.273 e. The predicted molar refractivity (Wildman–Crippen MR) is 95.6 cm³/mol. The van der Waals surface area contributed by atoms with Crippen LogP contribution in [0.3, 0.4) is 0 Å². The van der Waals surface area contributed by atoms with E-state index in [2.05, 4.69) is 20.5 Å². The number of amides is 2. The first-order valence-corrected chi connectivity index (χ1v) is 7.94. The number of hydrogen-bond acceptors (Lipinski definition) is 6. The molecule has 1 atom stereocenters. The Kier molecular flexibility index (Phi) is 3.81. The van der Waals surface area contributed by atoms with Gasteiger partial charge in [0.15, 0.2) is 5.65 Å². The van der Waals surface area contributed by atoms with E-state index in [1.165, 1.54) is 9.52 Å². The standard InChI is InChI=1S/C17H15N7O2/c18-16(25)13-10-12(22-23(13)11-4-2-1-3-5-11)17(26)21-15-6-8-19-14-7-9-20-24(14)15/h1-9,13H,10H2,(H2,18,25)(H,21,26)/t13-/m0/s1. The minimum atomic E-state index is -0.708. The first kappa shape index (κ1) is 15.8. The number of hydrogen-bond donors (Lipinski definition) is 2. The Labute approximate surface area is 148 Å². The largest absolute Gasteiger partial charge is 0.368 e. The van der Waals surface area contributed by atoms with Gasteiger partial charge in [0.2, 0.25) is 5.91 Å². The normalized spacial score (nSPS) is 16.5. The number of carbonyl (C=O) groups excluding carboxylic acids is 2. The van der Waals surface area contributed by atoms with Crippen LogP contribution in [-0.4, -0.2) is 38.2 Å². The SMILES string of the molecule is NC(=O)[C@@H]1CC(C(=O)Nc2ccnc3ccnn23)=NN1c1ccccc1. The van der Waals surface area contributed by atoms with Crippen LogP contribution in [0.2, 0.25) is 0 Å². The lowest BCUT2D eigenvalue weighted by Crippen LogP contribution is -2.39. The van der Waals surface area contributed by atoms with E-state index in [0.29, 0.717) is 17.2 Å². The maximum atomic E-state index is 12.6. The number of nitrogens with zero attached hydrogens (tertiary/aromatic N) is 5. The highest BCUT2D eigenvalue weighted by atomic mass is 16.2. The number of primary amides is 1. The number of hydrazone groups is 1. The molecule has 0 saturated carbocycles. The Balaban J connectivity index is 1.61. The summed E-state index contributed by atoms with van der Waals surface area (Å²) >= 11 is 0. The number of nitrogens with two attached hydrogens (primary N) is 1. The maximum Gasteiger partial charge on any atom is 0.273 e. The van der Waals surface area contributed by atoms with Crippen LogP contribution in [-0.2, 0) is 9.59 Å². The number of rotatable bonds is 4. The number of anilines is 2. The molecule has 0 spiro atoms. The van der Waals surface area contributed by atoms with Crippen molar-refractivity contribution in [1.29, 1.82) is 0 Å². The van der Waals surface area contributed by atoms with Gasteiger partial charge in [0.05, 0.1) is 11.9 Å². The van der Waals surface area contributed by atoms with Gasteiger partial charge in [-0.25, -0.2) is 4.98 Å². The third kappa shape index (κ3) is 2.75. The van der Waals surface area contributed by atoms with Gasteiger partial charge in [-0.05, 0) is 18.2 Å². The van der Waals surface area contributed by atoms with Crippen molar-refractivity contribution in [2.45, 2.75) is 12.5 Å². The van der Waals surface area contributed by atoms with Crippen molar-refractivity contribution in [2.24, 2.45) is 10.8 Å². The summed E-state index contributed by atoms with van der Waals surface area (Å²) in [6, 6.07) is 11.8. The predicted octanol–water partition coefficient (Wildman–Crippen LogP) is 0.788. The molecular formula is C17H15N7O2. The molecule has 4 rings (SSSR count). The molecule has 9 nitrogen and oxygen atoms in total. The summed E-state index contributed by atoms with van der Waals surface area (Å²) in [6.07, 6.45) is 3.29. The average Bonchev–Trinajstić information content (AvgIpc) is 3.30. The van der Waals surface area contributed by atoms with Crippen LogP contribution in [0, 0.1) is 0 Å². The first-order chi connectivity index (χ1) is 12.6. The Hall–Kier alpha value is -3.75. The molecule has 2 amide bonds. The summed E-state index contributed by atoms with van der Waals surface area (Å²) in [5.74, 6) is -0.502. The van der Waals surface area contributed by atoms with Crippen molar-refractivity contribution in [3.05, 3.63) is 54.9 Å². The lowest BCUT2D eigenvalue weighted by atomic mass is 10.1. The van der Waals surface area contributed by atoms with Crippen LogP contribution in [0.15, 0.2) is 60.0 Å². The van der Waals surface area contributed by atoms with Crippen LogP contribution in [0.1, 0.15) is 6.42 Å². The van der Waals surface area contributed by atoms with Crippen molar-refractivity contribution in [3.63, 3.8) is 0 Å². The lowest BCUT2D eigenvalue weighted by molar-refractivity contribution is -0.119. The summed E-state index contributed by atoms with van der Waals surface area (Å²) in [6.45, 7) is 0. The molecule has 0 unspecified atom stereocenters. The van der Waals surface area contributed by atoms with E-state index in [-0.39, 0.29) is 12.1 Å². The zero-order valence-electron chi connectivity index (χ0n) is 13.6. The summed E-state index contributed by atoms with van der Waals surface area (Å²) in [5.41, 5.74) is 7.01. The minimum Gasteiger partial charge on any atom is -0.368 e. The van der Waals surface area contributed by atoms with Crippen LogP contribution in [0.5, 0.6) is 0 Å². The van der Waals surface area contributed by atoms with Gasteiger partial charge in [-0.2, -0.15) is 14.7 Å². The van der Waals surface area contributed by atoms with Crippen LogP contribution in [0.4, 0.5) is 11.5 Å². The molecule has 3 N–H and O–H groups in total. The van der Waals surface area contributed by atoms with Gasteiger partial charge >= 0.3 is 0 Å². The highest BCUT2D eigenvalue weighted by molar-refractivity contribution is 6.44. The van der Waals surface area contributed by atoms with E-state index in [4.69, 9.17) is 5.73 Å². The number of benzene rings is 1. The van der Waals surface area contributed by atoms with E-state index >= 15 is 0 Å². The van der Waals surface area contributed by atoms with Crippen molar-refractivity contribution < 1.29 is 9.59 Å². The number of para-hydroxylation sites is 1. The monoisotopic (exact) mass is 349 g/mol. The molecule has 130 valence electrons. The molecule has 26 heavy (non-hydrogen) atoms. The highest BCUT2D eigenvalue weighted by Crippen LogP contribution is 2.24. The number of fused-ring (bicyclic) bond motifs is 1. The minimum absolute atomic E-state index is 0.128. The molecule has 0 aliphatic carbocycles. The fourth-order valence-corrected chi connectivity index (χ4v) is 2.81. The van der Waals surface area contributed by atoms with Gasteiger partial charge in [0.25, 0.3) is 5.91 Å². The second-order valence-electron chi connectivity index (χ2n) is 5.73. The molecule has 0 bridgehead atoms. The van der Waals surface area contributed by atoms with Crippen molar-refractivity contribution >= 4 is 34.7 Å². The van der Waals surface area contributed by atoms with E-state index in [0.717, 1.165) is 0 Å². The van der Waals surface area contributed by atoms with Crippen molar-refractivity contribution in [1.82, 2.24) is 14.6 Å². The molecule has 0 saturated heterocycles. The van der Waals surface area contributed by atoms with Gasteiger partial charge in [0, 0.05) is 18.7 Å². The van der Waals surface area contributed by atoms with Gasteiger partial charge in [-0.3, -0.25) is 14.6 Å². The summed E-state index contributed by atoms with van der Waals surface area (Å²) in [7, 11) is 0. The average molecular weight is 349 g/mol. The lowest BCUT2D eigenvalue weighted by Gasteiger charge is -2.20. The van der Waals surface area contributed by atoms with E-state index in [9.17, 15) is 9.59 Å². The van der Waals surface area contributed by atoms with Gasteiger partial charge in [-0.1, -0.05) is 18.2 Å². The molecule has 9 heteroatoms. The molecular weight excluding hydrogens is 334 g/mol. The molecule has 3 heterocycles. The van der Waals surface area contributed by atoms with E-state index in [1.807, 2.05) is 18.2 Å². The third-order valence-electron chi connectivity index (χ3n) is 4.05. The van der Waals surface area contributed by atoms with Gasteiger partial charge in [-0.15, -0.1) is 0 Å². The van der Waals surface area contributed by atoms with E-state index in [1.54, 1.807) is 36.7 Å². The highest BCUT2D eigenvalue weighted by Gasteiger charge is 2.35. The second-order valence-corrected chi connectivity index (χ2v) is 5.73. The number of carbonyl (C=O) groups is 2. The van der Waals surface area contributed by atoms with Crippen LogP contribution >= 0.6 is 0 Å². The Morgan fingerprint density at radius 1 is 1.12 bits per heavy atom. The second kappa shape index (κ2) is 6.28. The molecule has 3 aromatic rings. The van der Waals surface area contributed by atoms with Gasteiger partial charge in [0.1, 0.15) is 17.6 Å². The topological polar surface area (TPSA) is 118 Å². The number of nitrogens with one attached hydrogen (secondary N) is 1. The van der Waals surface area contributed by atoms with Crippen LogP contribution < -0.4 is 16.1 Å².